The zero-order valence-corrected chi connectivity index (χ0v) is 8.27. The fraction of sp³-hybridized carbons (Fsp3) is 0.700. The van der Waals surface area contributed by atoms with Gasteiger partial charge in [0, 0.05) is 25.6 Å². The fourth-order valence-corrected chi connectivity index (χ4v) is 2.34. The Bertz CT molecular complexity index is 303. The third-order valence-corrected chi connectivity index (χ3v) is 3.16. The van der Waals surface area contributed by atoms with Crippen LogP contribution in [-0.2, 0) is 13.1 Å². The van der Waals surface area contributed by atoms with Crippen LogP contribution < -0.4 is 10.6 Å². The molecule has 2 aliphatic heterocycles. The molecule has 4 heteroatoms. The molecule has 2 aliphatic rings. The molecule has 0 aromatic carbocycles. The number of hydrogen-bond acceptors (Lipinski definition) is 3. The predicted molar refractivity (Wildman–Crippen MR) is 54.0 cm³/mol. The summed E-state index contributed by atoms with van der Waals surface area (Å²) in [4.78, 5) is 8.11. The number of aromatic amines is 1. The zero-order chi connectivity index (χ0) is 9.38. The number of nitrogens with one attached hydrogen (secondary N) is 3. The Labute approximate surface area is 83.5 Å². The molecule has 0 saturated carbocycles. The summed E-state index contributed by atoms with van der Waals surface area (Å²) in [5.41, 5.74) is 2.52. The molecule has 1 atom stereocenters. The van der Waals surface area contributed by atoms with Gasteiger partial charge in [0.2, 0.25) is 0 Å². The van der Waals surface area contributed by atoms with E-state index in [1.807, 2.05) is 0 Å². The number of piperidine rings is 1. The molecule has 1 aromatic heterocycles. The molecule has 1 aromatic rings. The fourth-order valence-electron chi connectivity index (χ4n) is 2.34. The van der Waals surface area contributed by atoms with Crippen molar-refractivity contribution in [2.24, 2.45) is 0 Å². The Balaban J connectivity index is 1.82. The van der Waals surface area contributed by atoms with Crippen LogP contribution in [-0.4, -0.2) is 23.1 Å². The smallest absolute Gasteiger partial charge is 0.111 e. The lowest BCUT2D eigenvalue weighted by Gasteiger charge is -2.20. The van der Waals surface area contributed by atoms with Gasteiger partial charge in [-0.2, -0.15) is 0 Å². The van der Waals surface area contributed by atoms with E-state index in [9.17, 15) is 0 Å². The lowest BCUT2D eigenvalue weighted by Crippen LogP contribution is -2.29. The van der Waals surface area contributed by atoms with Crippen LogP contribution >= 0.6 is 0 Å². The molecular weight excluding hydrogens is 176 g/mol. The summed E-state index contributed by atoms with van der Waals surface area (Å²) in [6.07, 6.45) is 2.54. The Hall–Kier alpha value is -0.870. The molecule has 3 rings (SSSR count). The van der Waals surface area contributed by atoms with Gasteiger partial charge in [0.15, 0.2) is 0 Å². The summed E-state index contributed by atoms with van der Waals surface area (Å²) in [5.74, 6) is 1.80. The van der Waals surface area contributed by atoms with E-state index >= 15 is 0 Å². The van der Waals surface area contributed by atoms with E-state index in [0.717, 1.165) is 19.6 Å². The lowest BCUT2D eigenvalue weighted by molar-refractivity contribution is 0.447. The van der Waals surface area contributed by atoms with E-state index in [1.54, 1.807) is 0 Å². The summed E-state index contributed by atoms with van der Waals surface area (Å²) in [6, 6.07) is 0. The third kappa shape index (κ3) is 1.35. The first kappa shape index (κ1) is 8.44. The van der Waals surface area contributed by atoms with Crippen LogP contribution in [0, 0.1) is 0 Å². The largest absolute Gasteiger partial charge is 0.344 e. The molecule has 14 heavy (non-hydrogen) atoms. The second-order valence-electron chi connectivity index (χ2n) is 4.19. The second kappa shape index (κ2) is 3.37. The highest BCUT2D eigenvalue weighted by Gasteiger charge is 2.22. The molecule has 4 nitrogen and oxygen atoms in total. The molecule has 3 heterocycles. The molecule has 76 valence electrons. The van der Waals surface area contributed by atoms with E-state index in [-0.39, 0.29) is 0 Å². The molecule has 0 amide bonds. The number of hydrogen-bond donors (Lipinski definition) is 3. The van der Waals surface area contributed by atoms with Crippen LogP contribution in [0.15, 0.2) is 0 Å². The van der Waals surface area contributed by atoms with Gasteiger partial charge in [0.1, 0.15) is 5.82 Å². The minimum Gasteiger partial charge on any atom is -0.344 e. The highest BCUT2D eigenvalue weighted by atomic mass is 15.1. The summed E-state index contributed by atoms with van der Waals surface area (Å²) in [6.45, 7) is 4.15. The van der Waals surface area contributed by atoms with Gasteiger partial charge < -0.3 is 15.6 Å². The van der Waals surface area contributed by atoms with Gasteiger partial charge in [-0.1, -0.05) is 0 Å². The van der Waals surface area contributed by atoms with E-state index in [4.69, 9.17) is 0 Å². The summed E-state index contributed by atoms with van der Waals surface area (Å²) in [5, 5.41) is 6.71. The minimum atomic E-state index is 0.606. The van der Waals surface area contributed by atoms with Gasteiger partial charge in [-0.25, -0.2) is 4.98 Å². The molecule has 1 fully saturated rings. The van der Waals surface area contributed by atoms with Gasteiger partial charge in [-0.15, -0.1) is 0 Å². The molecule has 0 spiro atoms. The summed E-state index contributed by atoms with van der Waals surface area (Å²) >= 11 is 0. The van der Waals surface area contributed by atoms with E-state index in [2.05, 4.69) is 20.6 Å². The van der Waals surface area contributed by atoms with Crippen molar-refractivity contribution in [3.05, 3.63) is 17.2 Å². The standard InChI is InChI=1S/C10H16N4/c1-2-7(4-11-3-1)10-13-8-5-12-6-9(8)14-10/h7,11-12H,1-6H2,(H,13,14). The number of nitrogens with zero attached hydrogens (tertiary/aromatic N) is 1. The van der Waals surface area contributed by atoms with E-state index in [0.29, 0.717) is 5.92 Å². The van der Waals surface area contributed by atoms with Crippen molar-refractivity contribution in [2.45, 2.75) is 31.8 Å². The summed E-state index contributed by atoms with van der Waals surface area (Å²) < 4.78 is 0. The Morgan fingerprint density at radius 1 is 1.21 bits per heavy atom. The van der Waals surface area contributed by atoms with Gasteiger partial charge in [-0.05, 0) is 19.4 Å². The maximum atomic E-state index is 4.66. The van der Waals surface area contributed by atoms with Crippen molar-refractivity contribution in [1.29, 1.82) is 0 Å². The SMILES string of the molecule is C1CNCC(c2nc3c([nH]2)CNC3)C1. The third-order valence-electron chi connectivity index (χ3n) is 3.16. The number of rotatable bonds is 1. The van der Waals surface area contributed by atoms with Gasteiger partial charge in [0.05, 0.1) is 11.4 Å². The minimum absolute atomic E-state index is 0.606. The Morgan fingerprint density at radius 2 is 2.21 bits per heavy atom. The van der Waals surface area contributed by atoms with Crippen LogP contribution in [0.5, 0.6) is 0 Å². The first-order valence-corrected chi connectivity index (χ1v) is 5.42. The number of H-pyrrole nitrogens is 1. The van der Waals surface area contributed by atoms with Crippen LogP contribution in [0.25, 0.3) is 0 Å². The highest BCUT2D eigenvalue weighted by molar-refractivity contribution is 5.20. The molecule has 1 unspecified atom stereocenters. The highest BCUT2D eigenvalue weighted by Crippen LogP contribution is 2.23. The number of imidazole rings is 1. The first-order chi connectivity index (χ1) is 6.93. The van der Waals surface area contributed by atoms with Crippen LogP contribution in [0.4, 0.5) is 0 Å². The van der Waals surface area contributed by atoms with Crippen molar-refractivity contribution in [2.75, 3.05) is 13.1 Å². The van der Waals surface area contributed by atoms with E-state index < -0.39 is 0 Å². The molecule has 0 aliphatic carbocycles. The average Bonchev–Trinajstić information content (AvgIpc) is 2.78. The maximum absolute atomic E-state index is 4.66. The van der Waals surface area contributed by atoms with Crippen molar-refractivity contribution in [1.82, 2.24) is 20.6 Å². The lowest BCUT2D eigenvalue weighted by atomic mass is 9.99. The van der Waals surface area contributed by atoms with Gasteiger partial charge >= 0.3 is 0 Å². The van der Waals surface area contributed by atoms with Crippen LogP contribution in [0.3, 0.4) is 0 Å². The van der Waals surface area contributed by atoms with E-state index in [1.165, 1.54) is 36.6 Å². The van der Waals surface area contributed by atoms with Gasteiger partial charge in [-0.3, -0.25) is 0 Å². The van der Waals surface area contributed by atoms with Crippen molar-refractivity contribution < 1.29 is 0 Å². The van der Waals surface area contributed by atoms with Crippen LogP contribution in [0.2, 0.25) is 0 Å². The van der Waals surface area contributed by atoms with Gasteiger partial charge in [0.25, 0.3) is 0 Å². The quantitative estimate of drug-likeness (QED) is 0.606. The molecule has 3 N–H and O–H groups in total. The van der Waals surface area contributed by atoms with Crippen molar-refractivity contribution in [3.8, 4) is 0 Å². The number of aromatic nitrogens is 2. The van der Waals surface area contributed by atoms with Crippen molar-refractivity contribution >= 4 is 0 Å². The Kier molecular flexibility index (Phi) is 2.03. The molecule has 1 saturated heterocycles. The summed E-state index contributed by atoms with van der Waals surface area (Å²) in [7, 11) is 0. The molecule has 0 radical (unpaired) electrons. The average molecular weight is 192 g/mol. The Morgan fingerprint density at radius 3 is 3.00 bits per heavy atom. The second-order valence-corrected chi connectivity index (χ2v) is 4.19. The monoisotopic (exact) mass is 192 g/mol. The first-order valence-electron chi connectivity index (χ1n) is 5.42. The predicted octanol–water partition coefficient (Wildman–Crippen LogP) is 0.480. The normalized spacial score (nSPS) is 26.4. The zero-order valence-electron chi connectivity index (χ0n) is 8.27. The topological polar surface area (TPSA) is 52.7 Å². The maximum Gasteiger partial charge on any atom is 0.111 e. The molecular formula is C10H16N4. The number of fused-ring (bicyclic) bond motifs is 1. The van der Waals surface area contributed by atoms with Crippen LogP contribution in [0.1, 0.15) is 36.0 Å². The van der Waals surface area contributed by atoms with Crippen molar-refractivity contribution in [3.63, 3.8) is 0 Å². The molecule has 0 bridgehead atoms.